The number of hydrogen-bond acceptors (Lipinski definition) is 3. The van der Waals surface area contributed by atoms with Crippen LogP contribution in [0.2, 0.25) is 0 Å². The third kappa shape index (κ3) is 3.18. The standard InChI is InChI=1S/C18H22FN3O2/c1-2-6-14(11-7-3-4-8-11)20-18(24)16-17(23)12-9-5-10-13(19)15(12)21-22-16/h5,9-11,14H,2-4,6-8H2,1H3,(H,20,24)(H,21,23). The number of para-hydroxylation sites is 1. The molecule has 0 bridgehead atoms. The first-order valence-electron chi connectivity index (χ1n) is 8.59. The summed E-state index contributed by atoms with van der Waals surface area (Å²) in [5.41, 5.74) is -0.713. The molecule has 5 nitrogen and oxygen atoms in total. The van der Waals surface area contributed by atoms with Gasteiger partial charge in [0, 0.05) is 6.04 Å². The molecule has 1 aliphatic rings. The number of fused-ring (bicyclic) bond motifs is 1. The van der Waals surface area contributed by atoms with Crippen molar-refractivity contribution in [3.63, 3.8) is 0 Å². The first-order chi connectivity index (χ1) is 11.6. The lowest BCUT2D eigenvalue weighted by atomic mass is 9.94. The van der Waals surface area contributed by atoms with Gasteiger partial charge in [-0.15, -0.1) is 0 Å². The predicted octanol–water partition coefficient (Wildman–Crippen LogP) is 3.15. The Bertz CT molecular complexity index is 796. The molecule has 1 heterocycles. The van der Waals surface area contributed by atoms with Gasteiger partial charge in [-0.2, -0.15) is 5.10 Å². The minimum absolute atomic E-state index is 0.0277. The van der Waals surface area contributed by atoms with Gasteiger partial charge in [-0.1, -0.05) is 32.3 Å². The number of nitrogens with zero attached hydrogens (tertiary/aromatic N) is 1. The lowest BCUT2D eigenvalue weighted by Crippen LogP contribution is -2.41. The minimum Gasteiger partial charge on any atom is -0.348 e. The SMILES string of the molecule is CCCC(NC(=O)c1n[nH]c2c(F)cccc2c1=O)C1CCCC1. The Kier molecular flexibility index (Phi) is 4.92. The third-order valence-corrected chi connectivity index (χ3v) is 4.85. The van der Waals surface area contributed by atoms with Gasteiger partial charge in [-0.3, -0.25) is 14.7 Å². The number of carbonyl (C=O) groups is 1. The molecular weight excluding hydrogens is 309 g/mol. The number of aromatic nitrogens is 2. The molecule has 0 radical (unpaired) electrons. The first-order valence-corrected chi connectivity index (χ1v) is 8.59. The molecule has 1 atom stereocenters. The number of halogens is 1. The molecule has 0 saturated heterocycles. The van der Waals surface area contributed by atoms with E-state index in [0.717, 1.165) is 25.7 Å². The summed E-state index contributed by atoms with van der Waals surface area (Å²) in [5.74, 6) is -0.572. The van der Waals surface area contributed by atoms with Crippen LogP contribution < -0.4 is 10.7 Å². The molecule has 2 N–H and O–H groups in total. The van der Waals surface area contributed by atoms with Gasteiger partial charge in [0.2, 0.25) is 5.43 Å². The molecule has 128 valence electrons. The molecule has 1 aromatic carbocycles. The average molecular weight is 331 g/mol. The number of H-pyrrole nitrogens is 1. The van der Waals surface area contributed by atoms with E-state index in [1.54, 1.807) is 0 Å². The van der Waals surface area contributed by atoms with E-state index < -0.39 is 17.2 Å². The van der Waals surface area contributed by atoms with Crippen LogP contribution in [-0.2, 0) is 0 Å². The first kappa shape index (κ1) is 16.6. The van der Waals surface area contributed by atoms with Gasteiger partial charge in [0.1, 0.15) is 11.3 Å². The second kappa shape index (κ2) is 7.11. The topological polar surface area (TPSA) is 74.8 Å². The lowest BCUT2D eigenvalue weighted by molar-refractivity contribution is 0.0912. The van der Waals surface area contributed by atoms with Crippen molar-refractivity contribution in [2.75, 3.05) is 0 Å². The van der Waals surface area contributed by atoms with Crippen LogP contribution in [0.15, 0.2) is 23.0 Å². The van der Waals surface area contributed by atoms with Gasteiger partial charge < -0.3 is 5.32 Å². The van der Waals surface area contributed by atoms with Crippen molar-refractivity contribution in [2.24, 2.45) is 5.92 Å². The normalized spacial score (nSPS) is 16.4. The molecule has 1 fully saturated rings. The Labute approximate surface area is 139 Å². The fraction of sp³-hybridized carbons (Fsp3) is 0.500. The summed E-state index contributed by atoms with van der Waals surface area (Å²) < 4.78 is 13.7. The zero-order valence-corrected chi connectivity index (χ0v) is 13.8. The fourth-order valence-corrected chi connectivity index (χ4v) is 3.60. The van der Waals surface area contributed by atoms with Gasteiger partial charge in [0.05, 0.1) is 5.39 Å². The highest BCUT2D eigenvalue weighted by molar-refractivity contribution is 5.95. The fourth-order valence-electron chi connectivity index (χ4n) is 3.60. The van der Waals surface area contributed by atoms with Crippen molar-refractivity contribution >= 4 is 16.8 Å². The maximum atomic E-state index is 13.7. The molecule has 2 aromatic rings. The van der Waals surface area contributed by atoms with Gasteiger partial charge >= 0.3 is 0 Å². The Morgan fingerprint density at radius 2 is 2.17 bits per heavy atom. The lowest BCUT2D eigenvalue weighted by Gasteiger charge is -2.24. The number of rotatable bonds is 5. The highest BCUT2D eigenvalue weighted by Crippen LogP contribution is 2.29. The monoisotopic (exact) mass is 331 g/mol. The zero-order chi connectivity index (χ0) is 17.1. The van der Waals surface area contributed by atoms with E-state index in [4.69, 9.17) is 0 Å². The average Bonchev–Trinajstić information content (AvgIpc) is 3.10. The van der Waals surface area contributed by atoms with E-state index in [1.807, 2.05) is 0 Å². The Balaban J connectivity index is 1.87. The van der Waals surface area contributed by atoms with Gasteiger partial charge in [-0.05, 0) is 37.3 Å². The molecule has 1 saturated carbocycles. The molecule has 1 unspecified atom stereocenters. The van der Waals surface area contributed by atoms with Crippen molar-refractivity contribution < 1.29 is 9.18 Å². The summed E-state index contributed by atoms with van der Waals surface area (Å²) in [6.45, 7) is 2.08. The Morgan fingerprint density at radius 1 is 1.42 bits per heavy atom. The number of amides is 1. The van der Waals surface area contributed by atoms with E-state index in [-0.39, 0.29) is 22.6 Å². The van der Waals surface area contributed by atoms with E-state index in [2.05, 4.69) is 22.4 Å². The molecule has 6 heteroatoms. The number of carbonyl (C=O) groups excluding carboxylic acids is 1. The summed E-state index contributed by atoms with van der Waals surface area (Å²) in [4.78, 5) is 25.0. The van der Waals surface area contributed by atoms with E-state index in [9.17, 15) is 14.0 Å². The summed E-state index contributed by atoms with van der Waals surface area (Å²) in [7, 11) is 0. The van der Waals surface area contributed by atoms with Crippen LogP contribution in [-0.4, -0.2) is 22.1 Å². The van der Waals surface area contributed by atoms with Gasteiger partial charge in [0.25, 0.3) is 5.91 Å². The molecule has 1 amide bonds. The second-order valence-corrected chi connectivity index (χ2v) is 6.48. The van der Waals surface area contributed by atoms with Crippen LogP contribution in [0, 0.1) is 11.7 Å². The summed E-state index contributed by atoms with van der Waals surface area (Å²) in [6, 6.07) is 4.26. The van der Waals surface area contributed by atoms with Gasteiger partial charge in [0.15, 0.2) is 5.69 Å². The van der Waals surface area contributed by atoms with Crippen LogP contribution in [0.25, 0.3) is 10.9 Å². The van der Waals surface area contributed by atoms with Crippen molar-refractivity contribution in [1.82, 2.24) is 15.5 Å². The van der Waals surface area contributed by atoms with E-state index in [0.29, 0.717) is 5.92 Å². The van der Waals surface area contributed by atoms with E-state index >= 15 is 0 Å². The van der Waals surface area contributed by atoms with Gasteiger partial charge in [-0.25, -0.2) is 4.39 Å². The largest absolute Gasteiger partial charge is 0.348 e. The molecule has 1 aliphatic carbocycles. The summed E-state index contributed by atoms with van der Waals surface area (Å²) in [5, 5.41) is 9.44. The van der Waals surface area contributed by atoms with Crippen LogP contribution in [0.5, 0.6) is 0 Å². The Morgan fingerprint density at radius 3 is 2.88 bits per heavy atom. The molecule has 0 aliphatic heterocycles. The zero-order valence-electron chi connectivity index (χ0n) is 13.8. The number of hydrogen-bond donors (Lipinski definition) is 2. The molecule has 24 heavy (non-hydrogen) atoms. The quantitative estimate of drug-likeness (QED) is 0.884. The number of benzene rings is 1. The molecule has 0 spiro atoms. The van der Waals surface area contributed by atoms with Crippen LogP contribution in [0.3, 0.4) is 0 Å². The Hall–Kier alpha value is -2.24. The van der Waals surface area contributed by atoms with Crippen molar-refractivity contribution in [3.8, 4) is 0 Å². The maximum Gasteiger partial charge on any atom is 0.276 e. The van der Waals surface area contributed by atoms with E-state index in [1.165, 1.54) is 31.0 Å². The molecule has 1 aromatic heterocycles. The maximum absolute atomic E-state index is 13.7. The highest BCUT2D eigenvalue weighted by atomic mass is 19.1. The summed E-state index contributed by atoms with van der Waals surface area (Å²) in [6.07, 6.45) is 6.45. The van der Waals surface area contributed by atoms with Crippen molar-refractivity contribution in [2.45, 2.75) is 51.5 Å². The summed E-state index contributed by atoms with van der Waals surface area (Å²) >= 11 is 0. The smallest absolute Gasteiger partial charge is 0.276 e. The minimum atomic E-state index is -0.557. The van der Waals surface area contributed by atoms with Crippen LogP contribution in [0.4, 0.5) is 4.39 Å². The van der Waals surface area contributed by atoms with Crippen LogP contribution >= 0.6 is 0 Å². The van der Waals surface area contributed by atoms with Crippen molar-refractivity contribution in [1.29, 1.82) is 0 Å². The third-order valence-electron chi connectivity index (χ3n) is 4.85. The number of nitrogens with one attached hydrogen (secondary N) is 2. The van der Waals surface area contributed by atoms with Crippen molar-refractivity contribution in [3.05, 3.63) is 39.9 Å². The number of aromatic amines is 1. The second-order valence-electron chi connectivity index (χ2n) is 6.48. The molecule has 3 rings (SSSR count). The predicted molar refractivity (Wildman–Crippen MR) is 90.4 cm³/mol. The van der Waals surface area contributed by atoms with Crippen LogP contribution in [0.1, 0.15) is 55.9 Å². The molecular formula is C18H22FN3O2. The highest BCUT2D eigenvalue weighted by Gasteiger charge is 2.27.